The second-order valence-corrected chi connectivity index (χ2v) is 11.4. The number of likely N-dealkylation sites (tertiary alicyclic amines) is 1. The van der Waals surface area contributed by atoms with Crippen LogP contribution in [0.4, 0.5) is 0 Å². The number of benzene rings is 2. The Labute approximate surface area is 218 Å². The number of carbonyl (C=O) groups excluding carboxylic acids is 1. The molecule has 1 fully saturated rings. The molecule has 36 heavy (non-hydrogen) atoms. The second-order valence-electron chi connectivity index (χ2n) is 9.33. The van der Waals surface area contributed by atoms with E-state index in [-0.39, 0.29) is 10.8 Å². The molecule has 1 N–H and O–H groups in total. The van der Waals surface area contributed by atoms with Gasteiger partial charge in [-0.05, 0) is 68.4 Å². The highest BCUT2D eigenvalue weighted by molar-refractivity contribution is 7.89. The van der Waals surface area contributed by atoms with Crippen molar-refractivity contribution in [2.45, 2.75) is 50.5 Å². The Morgan fingerprint density at radius 2 is 1.89 bits per heavy atom. The van der Waals surface area contributed by atoms with Crippen molar-refractivity contribution in [3.63, 3.8) is 0 Å². The van der Waals surface area contributed by atoms with Gasteiger partial charge in [0.1, 0.15) is 11.9 Å². The predicted octanol–water partition coefficient (Wildman–Crippen LogP) is 4.64. The summed E-state index contributed by atoms with van der Waals surface area (Å²) in [5.41, 5.74) is 2.17. The molecular weight excluding hydrogens is 496 g/mol. The van der Waals surface area contributed by atoms with E-state index in [0.717, 1.165) is 18.4 Å². The van der Waals surface area contributed by atoms with Crippen LogP contribution in [0.2, 0.25) is 5.02 Å². The number of aromatic nitrogens is 2. The number of halogens is 1. The summed E-state index contributed by atoms with van der Waals surface area (Å²) in [5, 5.41) is 0.603. The van der Waals surface area contributed by atoms with Crippen molar-refractivity contribution in [3.05, 3.63) is 77.2 Å². The van der Waals surface area contributed by atoms with Gasteiger partial charge in [0, 0.05) is 29.9 Å². The number of rotatable bonds is 8. The van der Waals surface area contributed by atoms with Crippen LogP contribution >= 0.6 is 11.6 Å². The van der Waals surface area contributed by atoms with Crippen LogP contribution in [0.25, 0.3) is 11.3 Å². The smallest absolute Gasteiger partial charge is 0.241 e. The number of hydrogen-bond donors (Lipinski definition) is 1. The molecule has 1 aliphatic rings. The van der Waals surface area contributed by atoms with E-state index in [1.54, 1.807) is 48.4 Å². The highest BCUT2D eigenvalue weighted by Gasteiger charge is 2.31. The Bertz CT molecular complexity index is 1320. The van der Waals surface area contributed by atoms with Gasteiger partial charge in [-0.3, -0.25) is 4.79 Å². The molecule has 3 aromatic rings. The Balaban J connectivity index is 1.58. The van der Waals surface area contributed by atoms with E-state index in [0.29, 0.717) is 54.0 Å². The summed E-state index contributed by atoms with van der Waals surface area (Å²) >= 11 is 6.32. The van der Waals surface area contributed by atoms with Crippen molar-refractivity contribution < 1.29 is 13.2 Å². The Hall–Kier alpha value is -2.81. The number of nitrogens with one attached hydrogen (secondary N) is 1. The molecular formula is C27H31ClN4O3S. The molecule has 0 saturated carbocycles. The van der Waals surface area contributed by atoms with Crippen LogP contribution in [-0.4, -0.2) is 48.3 Å². The quantitative estimate of drug-likeness (QED) is 0.461. The molecule has 2 aromatic carbocycles. The van der Waals surface area contributed by atoms with Crippen LogP contribution in [0, 0.1) is 12.8 Å². The molecule has 1 aliphatic heterocycles. The van der Waals surface area contributed by atoms with Gasteiger partial charge in [-0.1, -0.05) is 48.9 Å². The SMILES string of the molecule is Cc1nccc(-c2cccc(S(=O)(=O)NC(CCc3ccccc3Cl)C(=O)N3CCC(C)CC3)c2)n1. The van der Waals surface area contributed by atoms with E-state index in [2.05, 4.69) is 21.6 Å². The summed E-state index contributed by atoms with van der Waals surface area (Å²) in [6, 6.07) is 14.8. The van der Waals surface area contributed by atoms with Gasteiger partial charge < -0.3 is 4.90 Å². The number of nitrogens with zero attached hydrogens (tertiary/aromatic N) is 3. The first-order chi connectivity index (χ1) is 17.2. The van der Waals surface area contributed by atoms with E-state index >= 15 is 0 Å². The first kappa shape index (κ1) is 26.3. The van der Waals surface area contributed by atoms with E-state index in [1.165, 1.54) is 6.07 Å². The van der Waals surface area contributed by atoms with Gasteiger partial charge >= 0.3 is 0 Å². The van der Waals surface area contributed by atoms with Crippen molar-refractivity contribution in [1.82, 2.24) is 19.6 Å². The Morgan fingerprint density at radius 1 is 1.14 bits per heavy atom. The summed E-state index contributed by atoms with van der Waals surface area (Å²) in [4.78, 5) is 23.9. The number of hydrogen-bond acceptors (Lipinski definition) is 5. The summed E-state index contributed by atoms with van der Waals surface area (Å²) in [6.07, 6.45) is 4.24. The zero-order valence-corrected chi connectivity index (χ0v) is 22.1. The number of carbonyl (C=O) groups is 1. The van der Waals surface area contributed by atoms with E-state index in [4.69, 9.17) is 11.6 Å². The molecule has 0 aliphatic carbocycles. The van der Waals surface area contributed by atoms with Crippen molar-refractivity contribution in [3.8, 4) is 11.3 Å². The maximum absolute atomic E-state index is 13.5. The van der Waals surface area contributed by atoms with Crippen molar-refractivity contribution in [1.29, 1.82) is 0 Å². The van der Waals surface area contributed by atoms with Crippen LogP contribution in [0.5, 0.6) is 0 Å². The van der Waals surface area contributed by atoms with Crippen LogP contribution in [0.3, 0.4) is 0 Å². The summed E-state index contributed by atoms with van der Waals surface area (Å²) in [5.74, 6) is 0.959. The van der Waals surface area contributed by atoms with Gasteiger partial charge in [0.05, 0.1) is 10.6 Å². The second kappa shape index (κ2) is 11.5. The number of amides is 1. The number of aryl methyl sites for hydroxylation is 2. The molecule has 4 rings (SSSR count). The molecule has 9 heteroatoms. The molecule has 0 bridgehead atoms. The number of piperidine rings is 1. The van der Waals surface area contributed by atoms with Crippen LogP contribution in [0.1, 0.15) is 37.6 Å². The number of sulfonamides is 1. The Kier molecular flexibility index (Phi) is 8.39. The minimum absolute atomic E-state index is 0.0825. The minimum atomic E-state index is -3.98. The maximum atomic E-state index is 13.5. The van der Waals surface area contributed by atoms with Gasteiger partial charge in [-0.25, -0.2) is 18.4 Å². The fraction of sp³-hybridized carbons (Fsp3) is 0.370. The fourth-order valence-corrected chi connectivity index (χ4v) is 5.88. The molecule has 1 atom stereocenters. The largest absolute Gasteiger partial charge is 0.341 e. The first-order valence-corrected chi connectivity index (χ1v) is 14.0. The fourth-order valence-electron chi connectivity index (χ4n) is 4.38. The lowest BCUT2D eigenvalue weighted by atomic mass is 9.98. The zero-order valence-electron chi connectivity index (χ0n) is 20.5. The average Bonchev–Trinajstić information content (AvgIpc) is 2.87. The molecule has 1 unspecified atom stereocenters. The normalized spacial score (nSPS) is 15.6. The standard InChI is InChI=1S/C27H31ClN4O3S/c1-19-13-16-32(17-14-19)27(33)26(11-10-21-6-3-4-9-24(21)28)31-36(34,35)23-8-5-7-22(18-23)25-12-15-29-20(2)30-25/h3-9,12,15,18-19,26,31H,10-11,13-14,16-17H2,1-2H3. The molecule has 1 amide bonds. The Morgan fingerprint density at radius 3 is 2.61 bits per heavy atom. The molecule has 190 valence electrons. The summed E-state index contributed by atoms with van der Waals surface area (Å²) < 4.78 is 29.6. The van der Waals surface area contributed by atoms with E-state index in [9.17, 15) is 13.2 Å². The molecule has 7 nitrogen and oxygen atoms in total. The van der Waals surface area contributed by atoms with Gasteiger partial charge in [-0.2, -0.15) is 4.72 Å². The van der Waals surface area contributed by atoms with Gasteiger partial charge in [-0.15, -0.1) is 0 Å². The lowest BCUT2D eigenvalue weighted by molar-refractivity contribution is -0.134. The van der Waals surface area contributed by atoms with Gasteiger partial charge in [0.15, 0.2) is 0 Å². The topological polar surface area (TPSA) is 92.3 Å². The third-order valence-corrected chi connectivity index (χ3v) is 8.41. The third kappa shape index (κ3) is 6.49. The van der Waals surface area contributed by atoms with Crippen molar-refractivity contribution >= 4 is 27.5 Å². The van der Waals surface area contributed by atoms with Gasteiger partial charge in [0.2, 0.25) is 15.9 Å². The molecule has 2 heterocycles. The summed E-state index contributed by atoms with van der Waals surface area (Å²) in [6.45, 7) is 5.22. The zero-order chi connectivity index (χ0) is 25.7. The van der Waals surface area contributed by atoms with E-state index < -0.39 is 16.1 Å². The minimum Gasteiger partial charge on any atom is -0.341 e. The highest BCUT2D eigenvalue weighted by atomic mass is 35.5. The van der Waals surface area contributed by atoms with Crippen LogP contribution < -0.4 is 4.72 Å². The third-order valence-electron chi connectivity index (χ3n) is 6.57. The van der Waals surface area contributed by atoms with Gasteiger partial charge in [0.25, 0.3) is 0 Å². The molecule has 0 radical (unpaired) electrons. The first-order valence-electron chi connectivity index (χ1n) is 12.2. The lowest BCUT2D eigenvalue weighted by Crippen LogP contribution is -2.50. The highest BCUT2D eigenvalue weighted by Crippen LogP contribution is 2.23. The molecule has 0 spiro atoms. The predicted molar refractivity (Wildman–Crippen MR) is 141 cm³/mol. The van der Waals surface area contributed by atoms with Crippen LogP contribution in [-0.2, 0) is 21.2 Å². The van der Waals surface area contributed by atoms with E-state index in [1.807, 2.05) is 18.2 Å². The lowest BCUT2D eigenvalue weighted by Gasteiger charge is -2.33. The maximum Gasteiger partial charge on any atom is 0.241 e. The van der Waals surface area contributed by atoms with Crippen molar-refractivity contribution in [2.24, 2.45) is 5.92 Å². The monoisotopic (exact) mass is 526 g/mol. The van der Waals surface area contributed by atoms with Crippen LogP contribution in [0.15, 0.2) is 65.7 Å². The molecule has 1 saturated heterocycles. The summed E-state index contributed by atoms with van der Waals surface area (Å²) in [7, 11) is -3.98. The average molecular weight is 527 g/mol. The molecule has 1 aromatic heterocycles. The van der Waals surface area contributed by atoms with Crippen molar-refractivity contribution in [2.75, 3.05) is 13.1 Å².